The number of nitrogens with one attached hydrogen (secondary N) is 1. The Kier molecular flexibility index (Phi) is 5.27. The molecule has 2 aromatic carbocycles. The second-order valence-corrected chi connectivity index (χ2v) is 5.14. The van der Waals surface area contributed by atoms with Crippen molar-refractivity contribution in [3.05, 3.63) is 70.8 Å². The molecule has 3 nitrogen and oxygen atoms in total. The summed E-state index contributed by atoms with van der Waals surface area (Å²) in [7, 11) is 0. The van der Waals surface area contributed by atoms with Gasteiger partial charge in [-0.15, -0.1) is 0 Å². The molecule has 108 valence electrons. The van der Waals surface area contributed by atoms with Crippen LogP contribution in [0.4, 0.5) is 0 Å². The first-order chi connectivity index (χ1) is 10.1. The van der Waals surface area contributed by atoms with Crippen LogP contribution in [0.25, 0.3) is 0 Å². The Balaban J connectivity index is 1.82. The van der Waals surface area contributed by atoms with Crippen LogP contribution >= 0.6 is 0 Å². The van der Waals surface area contributed by atoms with Gasteiger partial charge in [-0.05, 0) is 37.0 Å². The van der Waals surface area contributed by atoms with Gasteiger partial charge >= 0.3 is 0 Å². The molecule has 0 aromatic heterocycles. The van der Waals surface area contributed by atoms with E-state index in [1.807, 2.05) is 49.4 Å². The fourth-order valence-electron chi connectivity index (χ4n) is 2.10. The van der Waals surface area contributed by atoms with Crippen molar-refractivity contribution >= 4 is 12.1 Å². The standard InChI is InChI=1S/C18H20N2O/c1-14-8-10-17(15(2)12-14)13-19-20-18(21)11-9-16-6-4-3-5-7-16/h3-8,10,12-13H,9,11H2,1-2H3,(H,20,21). The van der Waals surface area contributed by atoms with Gasteiger partial charge in [0.05, 0.1) is 6.21 Å². The molecule has 3 heteroatoms. The van der Waals surface area contributed by atoms with Crippen LogP contribution in [0.15, 0.2) is 53.6 Å². The predicted octanol–water partition coefficient (Wildman–Crippen LogP) is 3.39. The molecular formula is C18H20N2O. The fourth-order valence-corrected chi connectivity index (χ4v) is 2.10. The van der Waals surface area contributed by atoms with Crippen LogP contribution in [0.1, 0.15) is 28.7 Å². The first-order valence-corrected chi connectivity index (χ1v) is 7.08. The summed E-state index contributed by atoms with van der Waals surface area (Å²) in [6, 6.07) is 16.1. The van der Waals surface area contributed by atoms with Crippen LogP contribution in [-0.4, -0.2) is 12.1 Å². The summed E-state index contributed by atoms with van der Waals surface area (Å²) < 4.78 is 0. The lowest BCUT2D eigenvalue weighted by molar-refractivity contribution is -0.121. The van der Waals surface area contributed by atoms with Gasteiger partial charge in [0, 0.05) is 6.42 Å². The van der Waals surface area contributed by atoms with Gasteiger partial charge in [-0.25, -0.2) is 5.43 Å². The van der Waals surface area contributed by atoms with E-state index in [4.69, 9.17) is 0 Å². The van der Waals surface area contributed by atoms with E-state index >= 15 is 0 Å². The van der Waals surface area contributed by atoms with Crippen LogP contribution in [0.5, 0.6) is 0 Å². The molecule has 0 aliphatic rings. The maximum Gasteiger partial charge on any atom is 0.240 e. The van der Waals surface area contributed by atoms with E-state index in [2.05, 4.69) is 23.5 Å². The van der Waals surface area contributed by atoms with E-state index in [0.717, 1.165) is 23.1 Å². The molecule has 0 radical (unpaired) electrons. The third kappa shape index (κ3) is 4.88. The van der Waals surface area contributed by atoms with Crippen molar-refractivity contribution in [3.8, 4) is 0 Å². The second kappa shape index (κ2) is 7.39. The summed E-state index contributed by atoms with van der Waals surface area (Å²) in [5, 5.41) is 4.02. The van der Waals surface area contributed by atoms with Crippen molar-refractivity contribution in [2.24, 2.45) is 5.10 Å². The van der Waals surface area contributed by atoms with Gasteiger partial charge in [-0.1, -0.05) is 54.1 Å². The summed E-state index contributed by atoms with van der Waals surface area (Å²) in [5.41, 5.74) is 7.12. The Bertz CT molecular complexity index is 633. The number of benzene rings is 2. The van der Waals surface area contributed by atoms with Crippen LogP contribution in [0, 0.1) is 13.8 Å². The lowest BCUT2D eigenvalue weighted by Crippen LogP contribution is -2.17. The molecule has 21 heavy (non-hydrogen) atoms. The maximum absolute atomic E-state index is 11.7. The van der Waals surface area contributed by atoms with Crippen molar-refractivity contribution < 1.29 is 4.79 Å². The summed E-state index contributed by atoms with van der Waals surface area (Å²) in [4.78, 5) is 11.7. The van der Waals surface area contributed by atoms with E-state index in [-0.39, 0.29) is 5.91 Å². The SMILES string of the molecule is Cc1ccc(C=NNC(=O)CCc2ccccc2)c(C)c1. The number of hydrogen-bond donors (Lipinski definition) is 1. The summed E-state index contributed by atoms with van der Waals surface area (Å²) in [5.74, 6) is -0.0696. The van der Waals surface area contributed by atoms with E-state index < -0.39 is 0 Å². The minimum absolute atomic E-state index is 0.0696. The largest absolute Gasteiger partial charge is 0.273 e. The summed E-state index contributed by atoms with van der Waals surface area (Å²) in [6.07, 6.45) is 2.86. The average molecular weight is 280 g/mol. The van der Waals surface area contributed by atoms with E-state index in [0.29, 0.717) is 6.42 Å². The lowest BCUT2D eigenvalue weighted by Gasteiger charge is -2.02. The molecule has 0 saturated carbocycles. The highest BCUT2D eigenvalue weighted by Crippen LogP contribution is 2.08. The van der Waals surface area contributed by atoms with Crippen LogP contribution in [0.2, 0.25) is 0 Å². The van der Waals surface area contributed by atoms with Crippen molar-refractivity contribution in [1.29, 1.82) is 0 Å². The molecule has 2 aromatic rings. The minimum Gasteiger partial charge on any atom is -0.273 e. The predicted molar refractivity (Wildman–Crippen MR) is 86.4 cm³/mol. The molecule has 0 aliphatic carbocycles. The third-order valence-electron chi connectivity index (χ3n) is 3.30. The number of amides is 1. The zero-order valence-electron chi connectivity index (χ0n) is 12.5. The highest BCUT2D eigenvalue weighted by Gasteiger charge is 2.00. The Morgan fingerprint density at radius 1 is 1.14 bits per heavy atom. The summed E-state index contributed by atoms with van der Waals surface area (Å²) in [6.45, 7) is 4.09. The van der Waals surface area contributed by atoms with E-state index in [1.54, 1.807) is 6.21 Å². The maximum atomic E-state index is 11.7. The number of nitrogens with zero attached hydrogens (tertiary/aromatic N) is 1. The van der Waals surface area contributed by atoms with Gasteiger partial charge in [0.15, 0.2) is 0 Å². The molecule has 0 fully saturated rings. The molecule has 2 rings (SSSR count). The molecule has 0 atom stereocenters. The van der Waals surface area contributed by atoms with Crippen molar-refractivity contribution in [2.45, 2.75) is 26.7 Å². The topological polar surface area (TPSA) is 41.5 Å². The summed E-state index contributed by atoms with van der Waals surface area (Å²) >= 11 is 0. The zero-order chi connectivity index (χ0) is 15.1. The highest BCUT2D eigenvalue weighted by molar-refractivity contribution is 5.83. The highest BCUT2D eigenvalue weighted by atomic mass is 16.2. The third-order valence-corrected chi connectivity index (χ3v) is 3.30. The lowest BCUT2D eigenvalue weighted by atomic mass is 10.1. The Morgan fingerprint density at radius 2 is 1.90 bits per heavy atom. The molecule has 0 heterocycles. The smallest absolute Gasteiger partial charge is 0.240 e. The van der Waals surface area contributed by atoms with Crippen LogP contribution in [0.3, 0.4) is 0 Å². The number of carbonyl (C=O) groups excluding carboxylic acids is 1. The first-order valence-electron chi connectivity index (χ1n) is 7.08. The van der Waals surface area contributed by atoms with Crippen LogP contribution < -0.4 is 5.43 Å². The normalized spacial score (nSPS) is 10.8. The Hall–Kier alpha value is -2.42. The zero-order valence-corrected chi connectivity index (χ0v) is 12.5. The van der Waals surface area contributed by atoms with Gasteiger partial charge in [0.1, 0.15) is 0 Å². The van der Waals surface area contributed by atoms with Crippen LogP contribution in [-0.2, 0) is 11.2 Å². The van der Waals surface area contributed by atoms with Crippen molar-refractivity contribution in [1.82, 2.24) is 5.43 Å². The first kappa shape index (κ1) is 15.0. The van der Waals surface area contributed by atoms with Gasteiger partial charge in [0.25, 0.3) is 0 Å². The van der Waals surface area contributed by atoms with Crippen molar-refractivity contribution in [3.63, 3.8) is 0 Å². The number of rotatable bonds is 5. The molecule has 0 saturated heterocycles. The number of carbonyl (C=O) groups is 1. The van der Waals surface area contributed by atoms with Gasteiger partial charge in [-0.2, -0.15) is 5.10 Å². The Labute approximate surface area is 125 Å². The Morgan fingerprint density at radius 3 is 2.62 bits per heavy atom. The number of aryl methyl sites for hydroxylation is 3. The second-order valence-electron chi connectivity index (χ2n) is 5.14. The van der Waals surface area contributed by atoms with Gasteiger partial charge in [0.2, 0.25) is 5.91 Å². The van der Waals surface area contributed by atoms with Gasteiger partial charge in [-0.3, -0.25) is 4.79 Å². The molecule has 0 bridgehead atoms. The minimum atomic E-state index is -0.0696. The fraction of sp³-hybridized carbons (Fsp3) is 0.222. The quantitative estimate of drug-likeness (QED) is 0.662. The molecule has 0 spiro atoms. The van der Waals surface area contributed by atoms with E-state index in [1.165, 1.54) is 5.56 Å². The molecular weight excluding hydrogens is 260 g/mol. The van der Waals surface area contributed by atoms with Crippen molar-refractivity contribution in [2.75, 3.05) is 0 Å². The molecule has 1 N–H and O–H groups in total. The van der Waals surface area contributed by atoms with Gasteiger partial charge < -0.3 is 0 Å². The molecule has 0 unspecified atom stereocenters. The molecule has 1 amide bonds. The number of hydrazone groups is 1. The van der Waals surface area contributed by atoms with E-state index in [9.17, 15) is 4.79 Å². The average Bonchev–Trinajstić information content (AvgIpc) is 2.48. The number of hydrogen-bond acceptors (Lipinski definition) is 2. The monoisotopic (exact) mass is 280 g/mol. The molecule has 0 aliphatic heterocycles.